The highest BCUT2D eigenvalue weighted by atomic mass is 79.9. The maximum atomic E-state index is 12.9. The molecule has 2 aromatic carbocycles. The van der Waals surface area contributed by atoms with Crippen LogP contribution >= 0.6 is 15.9 Å². The van der Waals surface area contributed by atoms with Crippen molar-refractivity contribution in [2.45, 2.75) is 12.8 Å². The van der Waals surface area contributed by atoms with Gasteiger partial charge < -0.3 is 5.32 Å². The summed E-state index contributed by atoms with van der Waals surface area (Å²) in [5.41, 5.74) is 2.74. The Bertz CT molecular complexity index is 795. The molecule has 0 aliphatic carbocycles. The summed E-state index contributed by atoms with van der Waals surface area (Å²) in [4.78, 5) is 17.4. The summed E-state index contributed by atoms with van der Waals surface area (Å²) in [5, 5.41) is 2.94. The third-order valence-corrected chi connectivity index (χ3v) is 4.64. The Hall–Kier alpha value is -2.46. The fourth-order valence-electron chi connectivity index (χ4n) is 2.60. The predicted octanol–water partition coefficient (Wildman–Crippen LogP) is 4.92. The van der Waals surface area contributed by atoms with Gasteiger partial charge in [-0.05, 0) is 46.1 Å². The SMILES string of the molecule is Cc1nc(NC(=O)C(c2ccccc2)c2ccccc2)ccc1Br. The van der Waals surface area contributed by atoms with Gasteiger partial charge >= 0.3 is 0 Å². The van der Waals surface area contributed by atoms with E-state index < -0.39 is 0 Å². The van der Waals surface area contributed by atoms with Crippen LogP contribution in [0.2, 0.25) is 0 Å². The molecule has 3 nitrogen and oxygen atoms in total. The fraction of sp³-hybridized carbons (Fsp3) is 0.100. The lowest BCUT2D eigenvalue weighted by Crippen LogP contribution is -2.22. The second-order valence-electron chi connectivity index (χ2n) is 5.51. The van der Waals surface area contributed by atoms with Crippen LogP contribution in [-0.4, -0.2) is 10.9 Å². The second-order valence-corrected chi connectivity index (χ2v) is 6.36. The number of halogens is 1. The summed E-state index contributed by atoms with van der Waals surface area (Å²) < 4.78 is 0.920. The molecule has 0 spiro atoms. The number of benzene rings is 2. The average molecular weight is 381 g/mol. The highest BCUT2D eigenvalue weighted by molar-refractivity contribution is 9.10. The zero-order valence-electron chi connectivity index (χ0n) is 13.2. The maximum Gasteiger partial charge on any atom is 0.237 e. The first-order valence-electron chi connectivity index (χ1n) is 7.69. The Balaban J connectivity index is 1.93. The minimum Gasteiger partial charge on any atom is -0.310 e. The van der Waals surface area contributed by atoms with Crippen molar-refractivity contribution in [3.63, 3.8) is 0 Å². The number of nitrogens with zero attached hydrogens (tertiary/aromatic N) is 1. The molecule has 0 fully saturated rings. The quantitative estimate of drug-likeness (QED) is 0.697. The molecule has 0 unspecified atom stereocenters. The molecule has 0 saturated carbocycles. The first-order chi connectivity index (χ1) is 11.6. The van der Waals surface area contributed by atoms with E-state index >= 15 is 0 Å². The average Bonchev–Trinajstić information content (AvgIpc) is 2.60. The number of amides is 1. The highest BCUT2D eigenvalue weighted by Gasteiger charge is 2.23. The predicted molar refractivity (Wildman–Crippen MR) is 100 cm³/mol. The zero-order chi connectivity index (χ0) is 16.9. The molecule has 1 heterocycles. The molecule has 24 heavy (non-hydrogen) atoms. The van der Waals surface area contributed by atoms with Gasteiger partial charge in [0.15, 0.2) is 0 Å². The van der Waals surface area contributed by atoms with Gasteiger partial charge in [0.1, 0.15) is 5.82 Å². The molecule has 0 aliphatic rings. The molecule has 0 atom stereocenters. The minimum absolute atomic E-state index is 0.0957. The molecule has 0 saturated heterocycles. The highest BCUT2D eigenvalue weighted by Crippen LogP contribution is 2.26. The van der Waals surface area contributed by atoms with Gasteiger partial charge in [0.05, 0.1) is 11.6 Å². The maximum absolute atomic E-state index is 12.9. The molecule has 1 N–H and O–H groups in total. The summed E-state index contributed by atoms with van der Waals surface area (Å²) in [6, 6.07) is 23.2. The lowest BCUT2D eigenvalue weighted by atomic mass is 9.90. The number of hydrogen-bond acceptors (Lipinski definition) is 2. The summed E-state index contributed by atoms with van der Waals surface area (Å²) in [5.74, 6) is 0.0809. The first kappa shape index (κ1) is 16.4. The van der Waals surface area contributed by atoms with Crippen molar-refractivity contribution in [2.24, 2.45) is 0 Å². The van der Waals surface area contributed by atoms with E-state index in [-0.39, 0.29) is 11.8 Å². The second kappa shape index (κ2) is 7.41. The largest absolute Gasteiger partial charge is 0.310 e. The lowest BCUT2D eigenvalue weighted by Gasteiger charge is -2.18. The Morgan fingerprint density at radius 2 is 1.46 bits per heavy atom. The number of hydrogen-bond donors (Lipinski definition) is 1. The van der Waals surface area contributed by atoms with Crippen LogP contribution in [0.25, 0.3) is 0 Å². The van der Waals surface area contributed by atoms with Crippen molar-refractivity contribution in [3.8, 4) is 0 Å². The lowest BCUT2D eigenvalue weighted by molar-refractivity contribution is -0.116. The van der Waals surface area contributed by atoms with Crippen molar-refractivity contribution >= 4 is 27.7 Å². The molecule has 0 bridgehead atoms. The Labute approximate surface area is 149 Å². The topological polar surface area (TPSA) is 42.0 Å². The summed E-state index contributed by atoms with van der Waals surface area (Å²) in [6.45, 7) is 1.89. The van der Waals surface area contributed by atoms with E-state index in [1.807, 2.05) is 73.7 Å². The number of aryl methyl sites for hydroxylation is 1. The summed E-state index contributed by atoms with van der Waals surface area (Å²) in [6.07, 6.45) is 0. The fourth-order valence-corrected chi connectivity index (χ4v) is 2.82. The monoisotopic (exact) mass is 380 g/mol. The van der Waals surface area contributed by atoms with Crippen LogP contribution in [0, 0.1) is 6.92 Å². The molecule has 0 radical (unpaired) electrons. The van der Waals surface area contributed by atoms with E-state index in [0.29, 0.717) is 5.82 Å². The summed E-state index contributed by atoms with van der Waals surface area (Å²) >= 11 is 3.42. The number of carbonyl (C=O) groups is 1. The van der Waals surface area contributed by atoms with Gasteiger partial charge in [-0.1, -0.05) is 60.7 Å². The van der Waals surface area contributed by atoms with Gasteiger partial charge in [-0.25, -0.2) is 4.98 Å². The first-order valence-corrected chi connectivity index (χ1v) is 8.48. The van der Waals surface area contributed by atoms with Crippen LogP contribution in [0.15, 0.2) is 77.3 Å². The molecule has 1 amide bonds. The van der Waals surface area contributed by atoms with E-state index in [9.17, 15) is 4.79 Å². The standard InChI is InChI=1S/C20H17BrN2O/c1-14-17(21)12-13-18(22-14)23-20(24)19(15-8-4-2-5-9-15)16-10-6-3-7-11-16/h2-13,19H,1H3,(H,22,23,24). The van der Waals surface area contributed by atoms with Crippen LogP contribution in [0.4, 0.5) is 5.82 Å². The molecule has 3 aromatic rings. The Morgan fingerprint density at radius 3 is 1.96 bits per heavy atom. The minimum atomic E-state index is -0.377. The Morgan fingerprint density at radius 1 is 0.917 bits per heavy atom. The van der Waals surface area contributed by atoms with E-state index in [1.54, 1.807) is 6.07 Å². The third-order valence-electron chi connectivity index (χ3n) is 3.80. The molecular weight excluding hydrogens is 364 g/mol. The van der Waals surface area contributed by atoms with Crippen LogP contribution in [0.3, 0.4) is 0 Å². The van der Waals surface area contributed by atoms with Crippen LogP contribution < -0.4 is 5.32 Å². The smallest absolute Gasteiger partial charge is 0.237 e. The molecular formula is C20H17BrN2O. The number of anilines is 1. The molecule has 1 aromatic heterocycles. The number of carbonyl (C=O) groups excluding carboxylic acids is 1. The van der Waals surface area contributed by atoms with Gasteiger partial charge in [-0.15, -0.1) is 0 Å². The van der Waals surface area contributed by atoms with Crippen molar-refractivity contribution < 1.29 is 4.79 Å². The van der Waals surface area contributed by atoms with Crippen molar-refractivity contribution in [3.05, 3.63) is 94.1 Å². The molecule has 0 aliphatic heterocycles. The van der Waals surface area contributed by atoms with E-state index in [4.69, 9.17) is 0 Å². The van der Waals surface area contributed by atoms with Crippen LogP contribution in [0.1, 0.15) is 22.7 Å². The number of pyridine rings is 1. The van der Waals surface area contributed by atoms with E-state index in [0.717, 1.165) is 21.3 Å². The van der Waals surface area contributed by atoms with Crippen molar-refractivity contribution in [2.75, 3.05) is 5.32 Å². The van der Waals surface area contributed by atoms with Gasteiger partial charge in [0.2, 0.25) is 5.91 Å². The third kappa shape index (κ3) is 3.71. The number of rotatable bonds is 4. The zero-order valence-corrected chi connectivity index (χ0v) is 14.8. The van der Waals surface area contributed by atoms with Crippen LogP contribution in [0.5, 0.6) is 0 Å². The van der Waals surface area contributed by atoms with E-state index in [2.05, 4.69) is 26.2 Å². The van der Waals surface area contributed by atoms with Gasteiger partial charge in [0, 0.05) is 4.47 Å². The Kier molecular flexibility index (Phi) is 5.06. The molecule has 120 valence electrons. The van der Waals surface area contributed by atoms with Crippen LogP contribution in [-0.2, 0) is 4.79 Å². The van der Waals surface area contributed by atoms with Gasteiger partial charge in [-0.2, -0.15) is 0 Å². The van der Waals surface area contributed by atoms with Crippen molar-refractivity contribution in [1.82, 2.24) is 4.98 Å². The molecule has 4 heteroatoms. The summed E-state index contributed by atoms with van der Waals surface area (Å²) in [7, 11) is 0. The van der Waals surface area contributed by atoms with Gasteiger partial charge in [-0.3, -0.25) is 4.79 Å². The number of aromatic nitrogens is 1. The number of nitrogens with one attached hydrogen (secondary N) is 1. The normalized spacial score (nSPS) is 10.6. The van der Waals surface area contributed by atoms with E-state index in [1.165, 1.54) is 0 Å². The van der Waals surface area contributed by atoms with Crippen molar-refractivity contribution in [1.29, 1.82) is 0 Å². The van der Waals surface area contributed by atoms with Gasteiger partial charge in [0.25, 0.3) is 0 Å². The molecule has 3 rings (SSSR count).